The summed E-state index contributed by atoms with van der Waals surface area (Å²) in [4.78, 5) is 12.9. The van der Waals surface area contributed by atoms with Gasteiger partial charge in [0.1, 0.15) is 5.75 Å². The number of aliphatic hydroxyl groups is 1. The monoisotopic (exact) mass is 301 g/mol. The molecule has 17 heavy (non-hydrogen) atoms. The van der Waals surface area contributed by atoms with Gasteiger partial charge in [0.2, 0.25) is 0 Å². The number of aliphatic hydroxyl groups excluding tert-OH is 1. The molecular formula is C12H16BrNO3. The normalized spacial score (nSPS) is 12.1. The van der Waals surface area contributed by atoms with Gasteiger partial charge in [-0.2, -0.15) is 0 Å². The largest absolute Gasteiger partial charge is 0.483 e. The molecule has 0 unspecified atom stereocenters. The molecule has 4 nitrogen and oxygen atoms in total. The Morgan fingerprint density at radius 2 is 2.18 bits per heavy atom. The molecule has 0 aliphatic rings. The number of rotatable bonds is 4. The average Bonchev–Trinajstić information content (AvgIpc) is 2.25. The lowest BCUT2D eigenvalue weighted by atomic mass is 10.1. The molecule has 1 N–H and O–H groups in total. The number of carbonyl (C=O) groups is 1. The molecule has 94 valence electrons. The lowest BCUT2D eigenvalue weighted by Gasteiger charge is -2.15. The molecule has 0 aliphatic heterocycles. The molecule has 5 heteroatoms. The minimum atomic E-state index is -0.632. The number of benzene rings is 1. The van der Waals surface area contributed by atoms with Gasteiger partial charge in [-0.05, 0) is 19.1 Å². The van der Waals surface area contributed by atoms with Crippen LogP contribution in [-0.2, 0) is 4.79 Å². The third-order valence-corrected chi connectivity index (χ3v) is 2.77. The van der Waals surface area contributed by atoms with Crippen LogP contribution in [0.25, 0.3) is 0 Å². The average molecular weight is 302 g/mol. The molecule has 1 aromatic carbocycles. The first-order valence-corrected chi connectivity index (χ1v) is 6.01. The smallest absolute Gasteiger partial charge is 0.259 e. The Balaban J connectivity index is 2.82. The van der Waals surface area contributed by atoms with Crippen molar-refractivity contribution in [3.05, 3.63) is 28.2 Å². The zero-order valence-corrected chi connectivity index (χ0v) is 11.7. The van der Waals surface area contributed by atoms with Gasteiger partial charge >= 0.3 is 0 Å². The van der Waals surface area contributed by atoms with E-state index in [2.05, 4.69) is 15.9 Å². The summed E-state index contributed by atoms with van der Waals surface area (Å²) in [6.07, 6.45) is -0.632. The van der Waals surface area contributed by atoms with Crippen molar-refractivity contribution in [1.82, 2.24) is 4.90 Å². The summed E-state index contributed by atoms with van der Waals surface area (Å²) in [5, 5.41) is 9.58. The lowest BCUT2D eigenvalue weighted by Crippen LogP contribution is -2.27. The molecule has 0 saturated carbocycles. The second-order valence-electron chi connectivity index (χ2n) is 3.93. The summed E-state index contributed by atoms with van der Waals surface area (Å²) in [5.41, 5.74) is 0.666. The minimum Gasteiger partial charge on any atom is -0.483 e. The summed E-state index contributed by atoms with van der Waals surface area (Å²) in [6, 6.07) is 5.33. The molecule has 0 aliphatic carbocycles. The van der Waals surface area contributed by atoms with Crippen LogP contribution in [0.5, 0.6) is 5.75 Å². The van der Waals surface area contributed by atoms with E-state index in [1.807, 2.05) is 6.07 Å². The third-order valence-electron chi connectivity index (χ3n) is 2.28. The lowest BCUT2D eigenvalue weighted by molar-refractivity contribution is -0.130. The van der Waals surface area contributed by atoms with Crippen LogP contribution >= 0.6 is 15.9 Å². The summed E-state index contributed by atoms with van der Waals surface area (Å²) in [7, 11) is 3.34. The maximum atomic E-state index is 11.4. The van der Waals surface area contributed by atoms with Crippen LogP contribution in [0, 0.1) is 0 Å². The van der Waals surface area contributed by atoms with E-state index in [0.29, 0.717) is 11.3 Å². The van der Waals surface area contributed by atoms with Gasteiger partial charge in [0.15, 0.2) is 6.61 Å². The summed E-state index contributed by atoms with van der Waals surface area (Å²) < 4.78 is 6.26. The fourth-order valence-corrected chi connectivity index (χ4v) is 1.59. The minimum absolute atomic E-state index is 0.0385. The molecule has 0 fully saturated rings. The molecule has 1 atom stereocenters. The van der Waals surface area contributed by atoms with Crippen LogP contribution in [0.2, 0.25) is 0 Å². The molecular weight excluding hydrogens is 286 g/mol. The maximum Gasteiger partial charge on any atom is 0.259 e. The van der Waals surface area contributed by atoms with Crippen molar-refractivity contribution < 1.29 is 14.6 Å². The van der Waals surface area contributed by atoms with E-state index in [0.717, 1.165) is 4.47 Å². The van der Waals surface area contributed by atoms with Gasteiger partial charge in [-0.15, -0.1) is 0 Å². The van der Waals surface area contributed by atoms with Gasteiger partial charge in [0.05, 0.1) is 6.10 Å². The second-order valence-corrected chi connectivity index (χ2v) is 4.85. The van der Waals surface area contributed by atoms with Crippen LogP contribution in [0.1, 0.15) is 18.6 Å². The van der Waals surface area contributed by atoms with Crippen LogP contribution in [-0.4, -0.2) is 36.6 Å². The van der Waals surface area contributed by atoms with E-state index < -0.39 is 6.10 Å². The highest BCUT2D eigenvalue weighted by molar-refractivity contribution is 9.10. The first-order chi connectivity index (χ1) is 7.91. The molecule has 1 aromatic rings. The third kappa shape index (κ3) is 4.02. The Kier molecular flexibility index (Phi) is 4.96. The number of hydrogen-bond donors (Lipinski definition) is 1. The molecule has 0 radical (unpaired) electrons. The summed E-state index contributed by atoms with van der Waals surface area (Å²) in [5.74, 6) is 0.395. The Labute approximate surface area is 109 Å². The zero-order chi connectivity index (χ0) is 13.0. The van der Waals surface area contributed by atoms with Crippen molar-refractivity contribution in [3.8, 4) is 5.75 Å². The number of ether oxygens (including phenoxy) is 1. The van der Waals surface area contributed by atoms with Crippen molar-refractivity contribution in [2.24, 2.45) is 0 Å². The molecule has 0 aromatic heterocycles. The van der Waals surface area contributed by atoms with Gasteiger partial charge in [-0.25, -0.2) is 0 Å². The summed E-state index contributed by atoms with van der Waals surface area (Å²) >= 11 is 3.32. The number of nitrogens with zero attached hydrogens (tertiary/aromatic N) is 1. The second kappa shape index (κ2) is 6.02. The Morgan fingerprint density at radius 1 is 1.53 bits per heavy atom. The van der Waals surface area contributed by atoms with E-state index in [1.54, 1.807) is 33.2 Å². The molecule has 0 bridgehead atoms. The fourth-order valence-electron chi connectivity index (χ4n) is 1.25. The standard InChI is InChI=1S/C12H16BrNO3/c1-8(15)10-5-4-9(13)6-11(10)17-7-12(16)14(2)3/h4-6,8,15H,7H2,1-3H3/t8-/m0/s1. The van der Waals surface area contributed by atoms with Crippen molar-refractivity contribution in [3.63, 3.8) is 0 Å². The topological polar surface area (TPSA) is 49.8 Å². The number of likely N-dealkylation sites (N-methyl/N-ethyl adjacent to an activating group) is 1. The van der Waals surface area contributed by atoms with Gasteiger partial charge in [-0.3, -0.25) is 4.79 Å². The molecule has 1 amide bonds. The molecule has 0 spiro atoms. The number of amides is 1. The molecule has 1 rings (SSSR count). The first-order valence-electron chi connectivity index (χ1n) is 5.22. The van der Waals surface area contributed by atoms with Crippen molar-refractivity contribution in [1.29, 1.82) is 0 Å². The van der Waals surface area contributed by atoms with E-state index in [1.165, 1.54) is 4.90 Å². The van der Waals surface area contributed by atoms with E-state index in [4.69, 9.17) is 4.74 Å². The van der Waals surface area contributed by atoms with Crippen molar-refractivity contribution >= 4 is 21.8 Å². The van der Waals surface area contributed by atoms with Gasteiger partial charge in [0.25, 0.3) is 5.91 Å². The fraction of sp³-hybridized carbons (Fsp3) is 0.417. The Hall–Kier alpha value is -1.07. The van der Waals surface area contributed by atoms with Gasteiger partial charge in [0, 0.05) is 24.1 Å². The highest BCUT2D eigenvalue weighted by Gasteiger charge is 2.12. The van der Waals surface area contributed by atoms with Gasteiger partial charge < -0.3 is 14.7 Å². The SMILES string of the molecule is C[C@H](O)c1ccc(Br)cc1OCC(=O)N(C)C. The zero-order valence-electron chi connectivity index (χ0n) is 10.1. The predicted octanol–water partition coefficient (Wildman–Crippen LogP) is 1.97. The predicted molar refractivity (Wildman–Crippen MR) is 69.0 cm³/mol. The van der Waals surface area contributed by atoms with Crippen LogP contribution < -0.4 is 4.74 Å². The Bertz CT molecular complexity index is 405. The highest BCUT2D eigenvalue weighted by atomic mass is 79.9. The van der Waals surface area contributed by atoms with Crippen LogP contribution in [0.15, 0.2) is 22.7 Å². The van der Waals surface area contributed by atoms with E-state index in [-0.39, 0.29) is 12.5 Å². The van der Waals surface area contributed by atoms with Crippen LogP contribution in [0.4, 0.5) is 0 Å². The quantitative estimate of drug-likeness (QED) is 0.925. The van der Waals surface area contributed by atoms with Crippen LogP contribution in [0.3, 0.4) is 0 Å². The highest BCUT2D eigenvalue weighted by Crippen LogP contribution is 2.28. The molecule has 0 saturated heterocycles. The number of halogens is 1. The van der Waals surface area contributed by atoms with E-state index >= 15 is 0 Å². The summed E-state index contributed by atoms with van der Waals surface area (Å²) in [6.45, 7) is 1.62. The number of carbonyl (C=O) groups excluding carboxylic acids is 1. The van der Waals surface area contributed by atoms with Crippen molar-refractivity contribution in [2.75, 3.05) is 20.7 Å². The van der Waals surface area contributed by atoms with E-state index in [9.17, 15) is 9.90 Å². The van der Waals surface area contributed by atoms with Crippen molar-refractivity contribution in [2.45, 2.75) is 13.0 Å². The van der Waals surface area contributed by atoms with Gasteiger partial charge in [-0.1, -0.05) is 22.0 Å². The first kappa shape index (κ1) is 14.0. The number of hydrogen-bond acceptors (Lipinski definition) is 3. The maximum absolute atomic E-state index is 11.4. The Morgan fingerprint density at radius 3 is 2.71 bits per heavy atom. The molecule has 0 heterocycles.